The van der Waals surface area contributed by atoms with Gasteiger partial charge in [0.25, 0.3) is 0 Å². The normalized spacial score (nSPS) is 12.1. The standard InChI is InChI=1S/C16H19N3OS/c1-16(2,18)6-7-20-15-12-5-8-21-14(12)11-4-3-10(17)9-13(11)19-15/h3-5,8-9H,6-7,17-18H2,1-2H3. The van der Waals surface area contributed by atoms with Gasteiger partial charge in [-0.3, -0.25) is 0 Å². The number of aromatic nitrogens is 1. The quantitative estimate of drug-likeness (QED) is 0.723. The van der Waals surface area contributed by atoms with E-state index in [1.165, 1.54) is 4.70 Å². The summed E-state index contributed by atoms with van der Waals surface area (Å²) in [6.07, 6.45) is 0.773. The molecule has 2 heterocycles. The van der Waals surface area contributed by atoms with Crippen LogP contribution in [0.3, 0.4) is 0 Å². The second-order valence-corrected chi connectivity index (χ2v) is 6.86. The summed E-state index contributed by atoms with van der Waals surface area (Å²) in [6.45, 7) is 4.53. The van der Waals surface area contributed by atoms with E-state index in [1.54, 1.807) is 11.3 Å². The summed E-state index contributed by atoms with van der Waals surface area (Å²) in [5, 5.41) is 4.22. The largest absolute Gasteiger partial charge is 0.477 e. The number of nitrogen functional groups attached to an aromatic ring is 1. The number of nitrogens with two attached hydrogens (primary N) is 2. The minimum atomic E-state index is -0.241. The smallest absolute Gasteiger partial charge is 0.222 e. The van der Waals surface area contributed by atoms with Crippen LogP contribution < -0.4 is 16.2 Å². The number of nitrogens with zero attached hydrogens (tertiary/aromatic N) is 1. The van der Waals surface area contributed by atoms with Crippen molar-refractivity contribution in [3.05, 3.63) is 29.6 Å². The zero-order valence-corrected chi connectivity index (χ0v) is 13.0. The molecule has 0 fully saturated rings. The van der Waals surface area contributed by atoms with Crippen LogP contribution in [-0.4, -0.2) is 17.1 Å². The molecule has 1 aromatic carbocycles. The number of thiophene rings is 1. The van der Waals surface area contributed by atoms with Gasteiger partial charge in [0.15, 0.2) is 0 Å². The topological polar surface area (TPSA) is 74.2 Å². The molecule has 0 atom stereocenters. The summed E-state index contributed by atoms with van der Waals surface area (Å²) in [5.74, 6) is 0.661. The molecule has 2 aromatic heterocycles. The summed E-state index contributed by atoms with van der Waals surface area (Å²) < 4.78 is 7.06. The lowest BCUT2D eigenvalue weighted by Crippen LogP contribution is -2.33. The molecule has 0 unspecified atom stereocenters. The molecule has 0 aliphatic rings. The van der Waals surface area contributed by atoms with Crippen LogP contribution in [0.4, 0.5) is 5.69 Å². The van der Waals surface area contributed by atoms with Crippen LogP contribution in [0.2, 0.25) is 0 Å². The highest BCUT2D eigenvalue weighted by atomic mass is 32.1. The molecule has 0 bridgehead atoms. The van der Waals surface area contributed by atoms with Gasteiger partial charge in [-0.2, -0.15) is 0 Å². The summed E-state index contributed by atoms with van der Waals surface area (Å²) in [5.41, 5.74) is 13.2. The zero-order chi connectivity index (χ0) is 15.0. The first-order chi connectivity index (χ1) is 9.94. The fourth-order valence-electron chi connectivity index (χ4n) is 2.21. The summed E-state index contributed by atoms with van der Waals surface area (Å²) >= 11 is 1.69. The van der Waals surface area contributed by atoms with Crippen molar-refractivity contribution in [1.29, 1.82) is 0 Å². The van der Waals surface area contributed by atoms with Crippen molar-refractivity contribution in [2.24, 2.45) is 5.73 Å². The first-order valence-corrected chi connectivity index (χ1v) is 7.80. The van der Waals surface area contributed by atoms with Crippen molar-refractivity contribution in [2.45, 2.75) is 25.8 Å². The lowest BCUT2D eigenvalue weighted by molar-refractivity contribution is 0.269. The van der Waals surface area contributed by atoms with E-state index in [0.29, 0.717) is 18.2 Å². The number of benzene rings is 1. The van der Waals surface area contributed by atoms with Gasteiger partial charge >= 0.3 is 0 Å². The molecule has 0 aliphatic carbocycles. The van der Waals surface area contributed by atoms with Crippen molar-refractivity contribution in [3.63, 3.8) is 0 Å². The van der Waals surface area contributed by atoms with Gasteiger partial charge in [-0.1, -0.05) is 0 Å². The number of hydrogen-bond acceptors (Lipinski definition) is 5. The summed E-state index contributed by atoms with van der Waals surface area (Å²) in [6, 6.07) is 7.85. The first kappa shape index (κ1) is 14.1. The fourth-order valence-corrected chi connectivity index (χ4v) is 3.13. The SMILES string of the molecule is CC(C)(N)CCOc1nc2cc(N)ccc2c2sccc12. The zero-order valence-electron chi connectivity index (χ0n) is 12.2. The van der Waals surface area contributed by atoms with Crippen LogP contribution in [0.15, 0.2) is 29.6 Å². The highest BCUT2D eigenvalue weighted by Crippen LogP contribution is 2.35. The Balaban J connectivity index is 2.01. The lowest BCUT2D eigenvalue weighted by Gasteiger charge is -2.18. The Kier molecular flexibility index (Phi) is 3.47. The molecule has 5 heteroatoms. The molecule has 3 aromatic rings. The maximum Gasteiger partial charge on any atom is 0.222 e. The Bertz CT molecular complexity index is 789. The van der Waals surface area contributed by atoms with Crippen LogP contribution >= 0.6 is 11.3 Å². The third-order valence-corrected chi connectivity index (χ3v) is 4.32. The molecule has 0 saturated heterocycles. The van der Waals surface area contributed by atoms with E-state index in [2.05, 4.69) is 10.4 Å². The van der Waals surface area contributed by atoms with Gasteiger partial charge in [-0.25, -0.2) is 4.98 Å². The van der Waals surface area contributed by atoms with Crippen molar-refractivity contribution in [1.82, 2.24) is 4.98 Å². The highest BCUT2D eigenvalue weighted by molar-refractivity contribution is 7.18. The molecule has 21 heavy (non-hydrogen) atoms. The Labute approximate surface area is 127 Å². The summed E-state index contributed by atoms with van der Waals surface area (Å²) in [7, 11) is 0. The van der Waals surface area contributed by atoms with Gasteiger partial charge in [-0.05, 0) is 49.9 Å². The predicted octanol–water partition coefficient (Wildman–Crippen LogP) is 3.54. The van der Waals surface area contributed by atoms with Crippen molar-refractivity contribution in [2.75, 3.05) is 12.3 Å². The second kappa shape index (κ2) is 5.16. The molecule has 4 nitrogen and oxygen atoms in total. The molecule has 0 radical (unpaired) electrons. The average Bonchev–Trinajstić information content (AvgIpc) is 2.86. The van der Waals surface area contributed by atoms with E-state index in [9.17, 15) is 0 Å². The number of ether oxygens (including phenoxy) is 1. The minimum Gasteiger partial charge on any atom is -0.477 e. The van der Waals surface area contributed by atoms with E-state index >= 15 is 0 Å². The van der Waals surface area contributed by atoms with Crippen molar-refractivity contribution < 1.29 is 4.74 Å². The van der Waals surface area contributed by atoms with Gasteiger partial charge in [0.05, 0.1) is 17.5 Å². The Morgan fingerprint density at radius 3 is 2.81 bits per heavy atom. The van der Waals surface area contributed by atoms with E-state index in [4.69, 9.17) is 16.2 Å². The minimum absolute atomic E-state index is 0.241. The van der Waals surface area contributed by atoms with Gasteiger partial charge in [0.1, 0.15) is 0 Å². The Morgan fingerprint density at radius 1 is 1.24 bits per heavy atom. The van der Waals surface area contributed by atoms with E-state index < -0.39 is 0 Å². The predicted molar refractivity (Wildman–Crippen MR) is 89.9 cm³/mol. The monoisotopic (exact) mass is 301 g/mol. The molecule has 3 rings (SSSR count). The van der Waals surface area contributed by atoms with Crippen LogP contribution in [-0.2, 0) is 0 Å². The van der Waals surface area contributed by atoms with Crippen LogP contribution in [0.1, 0.15) is 20.3 Å². The van der Waals surface area contributed by atoms with E-state index in [0.717, 1.165) is 22.7 Å². The van der Waals surface area contributed by atoms with Crippen molar-refractivity contribution in [3.8, 4) is 5.88 Å². The molecular formula is C16H19N3OS. The fraction of sp³-hybridized carbons (Fsp3) is 0.312. The number of fused-ring (bicyclic) bond motifs is 3. The first-order valence-electron chi connectivity index (χ1n) is 6.92. The summed E-state index contributed by atoms with van der Waals surface area (Å²) in [4.78, 5) is 4.62. The third-order valence-electron chi connectivity index (χ3n) is 3.37. The van der Waals surface area contributed by atoms with Gasteiger partial charge in [0.2, 0.25) is 5.88 Å². The number of hydrogen-bond donors (Lipinski definition) is 2. The lowest BCUT2D eigenvalue weighted by atomic mass is 10.0. The maximum absolute atomic E-state index is 5.99. The molecule has 0 amide bonds. The Morgan fingerprint density at radius 2 is 2.05 bits per heavy atom. The Hall–Kier alpha value is -1.85. The molecule has 0 saturated carbocycles. The van der Waals surface area contributed by atoms with Gasteiger partial charge in [-0.15, -0.1) is 11.3 Å². The number of pyridine rings is 1. The van der Waals surface area contributed by atoms with Gasteiger partial charge in [0, 0.05) is 21.3 Å². The third kappa shape index (κ3) is 2.94. The molecular weight excluding hydrogens is 282 g/mol. The molecule has 4 N–H and O–H groups in total. The average molecular weight is 301 g/mol. The highest BCUT2D eigenvalue weighted by Gasteiger charge is 2.14. The van der Waals surface area contributed by atoms with Crippen LogP contribution in [0.25, 0.3) is 21.0 Å². The van der Waals surface area contributed by atoms with E-state index in [-0.39, 0.29) is 5.54 Å². The second-order valence-electron chi connectivity index (χ2n) is 5.94. The van der Waals surface area contributed by atoms with E-state index in [1.807, 2.05) is 38.1 Å². The van der Waals surface area contributed by atoms with Gasteiger partial charge < -0.3 is 16.2 Å². The maximum atomic E-state index is 5.99. The molecule has 0 aliphatic heterocycles. The molecule has 0 spiro atoms. The van der Waals surface area contributed by atoms with Crippen LogP contribution in [0.5, 0.6) is 5.88 Å². The van der Waals surface area contributed by atoms with Crippen molar-refractivity contribution >= 4 is 38.0 Å². The molecule has 110 valence electrons. The number of anilines is 1. The van der Waals surface area contributed by atoms with Crippen LogP contribution in [0, 0.1) is 0 Å². The number of rotatable bonds is 4.